The quantitative estimate of drug-likeness (QED) is 0.825. The minimum Gasteiger partial charge on any atom is -0.507 e. The summed E-state index contributed by atoms with van der Waals surface area (Å²) >= 11 is 5.82. The number of ether oxygens (including phenoxy) is 1. The Labute approximate surface area is 134 Å². The Balaban J connectivity index is 1.87. The van der Waals surface area contributed by atoms with Crippen molar-refractivity contribution in [2.24, 2.45) is 5.92 Å². The monoisotopic (exact) mass is 326 g/mol. The van der Waals surface area contributed by atoms with E-state index in [1.165, 1.54) is 18.2 Å². The molecule has 2 amide bonds. The fourth-order valence-electron chi connectivity index (χ4n) is 2.43. The highest BCUT2D eigenvalue weighted by atomic mass is 35.5. The van der Waals surface area contributed by atoms with Gasteiger partial charge in [0.1, 0.15) is 5.75 Å². The number of halogens is 1. The number of phenols is 1. The number of hydrogen-bond acceptors (Lipinski definition) is 4. The number of likely N-dealkylation sites (tertiary alicyclic amines) is 1. The molecule has 1 atom stereocenters. The zero-order chi connectivity index (χ0) is 16.1. The second-order valence-corrected chi connectivity index (χ2v) is 5.71. The fourth-order valence-corrected chi connectivity index (χ4v) is 2.60. The standard InChI is InChI=1S/C15H19ClN2O4/c1-22-5-4-18-9-10(6-14(18)20)8-17-15(21)12-7-11(16)2-3-13(12)19/h2-3,7,10,19H,4-6,8-9H2,1H3,(H,17,21)/t10-/m1/s1. The lowest BCUT2D eigenvalue weighted by Gasteiger charge is -2.16. The number of amides is 2. The van der Waals surface area contributed by atoms with Crippen molar-refractivity contribution in [1.82, 2.24) is 10.2 Å². The summed E-state index contributed by atoms with van der Waals surface area (Å²) in [6.07, 6.45) is 0.408. The summed E-state index contributed by atoms with van der Waals surface area (Å²) in [6.45, 7) is 2.04. The van der Waals surface area contributed by atoms with Crippen molar-refractivity contribution in [1.29, 1.82) is 0 Å². The highest BCUT2D eigenvalue weighted by Gasteiger charge is 2.29. The third-order valence-electron chi connectivity index (χ3n) is 3.61. The third kappa shape index (κ3) is 4.11. The summed E-state index contributed by atoms with van der Waals surface area (Å²) in [5.41, 5.74) is 0.132. The number of aromatic hydroxyl groups is 1. The molecule has 1 aliphatic heterocycles. The van der Waals surface area contributed by atoms with Gasteiger partial charge in [-0.25, -0.2) is 0 Å². The van der Waals surface area contributed by atoms with Crippen molar-refractivity contribution in [2.75, 3.05) is 33.4 Å². The maximum absolute atomic E-state index is 12.1. The van der Waals surface area contributed by atoms with E-state index in [9.17, 15) is 14.7 Å². The zero-order valence-electron chi connectivity index (χ0n) is 12.3. The molecule has 0 aliphatic carbocycles. The van der Waals surface area contributed by atoms with Crippen molar-refractivity contribution < 1.29 is 19.4 Å². The molecule has 120 valence electrons. The lowest BCUT2D eigenvalue weighted by atomic mass is 10.1. The Morgan fingerprint density at radius 1 is 1.55 bits per heavy atom. The van der Waals surface area contributed by atoms with Gasteiger partial charge < -0.3 is 20.1 Å². The first-order valence-corrected chi connectivity index (χ1v) is 7.42. The Morgan fingerprint density at radius 3 is 3.05 bits per heavy atom. The van der Waals surface area contributed by atoms with Crippen LogP contribution in [0.15, 0.2) is 18.2 Å². The van der Waals surface area contributed by atoms with Gasteiger partial charge in [-0.1, -0.05) is 11.6 Å². The minimum atomic E-state index is -0.400. The molecule has 2 N–H and O–H groups in total. The van der Waals surface area contributed by atoms with E-state index in [2.05, 4.69) is 5.32 Å². The number of phenolic OH excluding ortho intramolecular Hbond substituents is 1. The van der Waals surface area contributed by atoms with Gasteiger partial charge in [0.25, 0.3) is 5.91 Å². The first kappa shape index (κ1) is 16.6. The van der Waals surface area contributed by atoms with Gasteiger partial charge in [0, 0.05) is 44.1 Å². The van der Waals surface area contributed by atoms with Gasteiger partial charge in [-0.05, 0) is 18.2 Å². The van der Waals surface area contributed by atoms with Crippen LogP contribution in [0.5, 0.6) is 5.75 Å². The van der Waals surface area contributed by atoms with E-state index in [0.29, 0.717) is 37.7 Å². The smallest absolute Gasteiger partial charge is 0.255 e. The number of nitrogens with one attached hydrogen (secondary N) is 1. The van der Waals surface area contributed by atoms with E-state index in [-0.39, 0.29) is 23.1 Å². The van der Waals surface area contributed by atoms with E-state index in [1.54, 1.807) is 12.0 Å². The van der Waals surface area contributed by atoms with Crippen LogP contribution in [0.3, 0.4) is 0 Å². The summed E-state index contributed by atoms with van der Waals surface area (Å²) in [5.74, 6) is -0.384. The van der Waals surface area contributed by atoms with Gasteiger partial charge in [-0.3, -0.25) is 9.59 Å². The maximum Gasteiger partial charge on any atom is 0.255 e. The summed E-state index contributed by atoms with van der Waals surface area (Å²) in [5, 5.41) is 12.8. The van der Waals surface area contributed by atoms with E-state index >= 15 is 0 Å². The third-order valence-corrected chi connectivity index (χ3v) is 3.85. The Morgan fingerprint density at radius 2 is 2.32 bits per heavy atom. The van der Waals surface area contributed by atoms with Gasteiger partial charge in [0.2, 0.25) is 5.91 Å². The zero-order valence-corrected chi connectivity index (χ0v) is 13.1. The molecule has 1 aromatic rings. The van der Waals surface area contributed by atoms with Crippen LogP contribution in [-0.2, 0) is 9.53 Å². The SMILES string of the molecule is COCCN1C[C@@H](CNC(=O)c2cc(Cl)ccc2O)CC1=O. The molecule has 1 heterocycles. The Kier molecular flexibility index (Phi) is 5.63. The van der Waals surface area contributed by atoms with Crippen molar-refractivity contribution in [3.63, 3.8) is 0 Å². The van der Waals surface area contributed by atoms with Crippen LogP contribution < -0.4 is 5.32 Å². The van der Waals surface area contributed by atoms with E-state index in [4.69, 9.17) is 16.3 Å². The number of carbonyl (C=O) groups excluding carboxylic acids is 2. The van der Waals surface area contributed by atoms with Crippen LogP contribution >= 0.6 is 11.6 Å². The second kappa shape index (κ2) is 7.47. The summed E-state index contributed by atoms with van der Waals surface area (Å²) in [6, 6.07) is 4.30. The molecule has 2 rings (SSSR count). The molecule has 0 bridgehead atoms. The molecule has 7 heteroatoms. The van der Waals surface area contributed by atoms with Crippen LogP contribution in [0.4, 0.5) is 0 Å². The van der Waals surface area contributed by atoms with Gasteiger partial charge in [0.05, 0.1) is 12.2 Å². The summed E-state index contributed by atoms with van der Waals surface area (Å²) in [4.78, 5) is 25.6. The van der Waals surface area contributed by atoms with Gasteiger partial charge >= 0.3 is 0 Å². The lowest BCUT2D eigenvalue weighted by molar-refractivity contribution is -0.128. The van der Waals surface area contributed by atoms with Crippen molar-refractivity contribution in [3.8, 4) is 5.75 Å². The fraction of sp³-hybridized carbons (Fsp3) is 0.467. The lowest BCUT2D eigenvalue weighted by Crippen LogP contribution is -2.32. The topological polar surface area (TPSA) is 78.9 Å². The number of carbonyl (C=O) groups is 2. The molecule has 1 saturated heterocycles. The molecular weight excluding hydrogens is 308 g/mol. The van der Waals surface area contributed by atoms with Crippen LogP contribution in [0.2, 0.25) is 5.02 Å². The second-order valence-electron chi connectivity index (χ2n) is 5.27. The number of rotatable bonds is 6. The molecule has 0 spiro atoms. The molecule has 0 radical (unpaired) electrons. The normalized spacial score (nSPS) is 17.8. The molecular formula is C15H19ClN2O4. The Bertz CT molecular complexity index is 564. The molecule has 0 saturated carbocycles. The predicted molar refractivity (Wildman–Crippen MR) is 82.0 cm³/mol. The molecule has 22 heavy (non-hydrogen) atoms. The molecule has 0 aromatic heterocycles. The van der Waals surface area contributed by atoms with Crippen LogP contribution in [0.1, 0.15) is 16.8 Å². The number of nitrogens with zero attached hydrogens (tertiary/aromatic N) is 1. The minimum absolute atomic E-state index is 0.0645. The largest absolute Gasteiger partial charge is 0.507 e. The predicted octanol–water partition coefficient (Wildman–Crippen LogP) is 1.27. The van der Waals surface area contributed by atoms with Gasteiger partial charge in [-0.15, -0.1) is 0 Å². The molecule has 1 aliphatic rings. The van der Waals surface area contributed by atoms with E-state index < -0.39 is 5.91 Å². The van der Waals surface area contributed by atoms with E-state index in [0.717, 1.165) is 0 Å². The van der Waals surface area contributed by atoms with Crippen LogP contribution in [0, 0.1) is 5.92 Å². The molecule has 1 fully saturated rings. The van der Waals surface area contributed by atoms with Gasteiger partial charge in [0.15, 0.2) is 0 Å². The average molecular weight is 327 g/mol. The number of hydrogen-bond donors (Lipinski definition) is 2. The molecule has 1 aromatic carbocycles. The number of benzene rings is 1. The molecule has 6 nitrogen and oxygen atoms in total. The van der Waals surface area contributed by atoms with Gasteiger partial charge in [-0.2, -0.15) is 0 Å². The summed E-state index contributed by atoms with van der Waals surface area (Å²) < 4.78 is 4.96. The van der Waals surface area contributed by atoms with Crippen molar-refractivity contribution in [3.05, 3.63) is 28.8 Å². The van der Waals surface area contributed by atoms with Crippen LogP contribution in [-0.4, -0.2) is 55.2 Å². The first-order chi connectivity index (χ1) is 10.5. The molecule has 0 unspecified atom stereocenters. The van der Waals surface area contributed by atoms with Crippen molar-refractivity contribution >= 4 is 23.4 Å². The first-order valence-electron chi connectivity index (χ1n) is 7.04. The highest BCUT2D eigenvalue weighted by molar-refractivity contribution is 6.31. The summed E-state index contributed by atoms with van der Waals surface area (Å²) in [7, 11) is 1.59. The average Bonchev–Trinajstić information content (AvgIpc) is 2.85. The van der Waals surface area contributed by atoms with E-state index in [1.807, 2.05) is 0 Å². The maximum atomic E-state index is 12.1. The highest BCUT2D eigenvalue weighted by Crippen LogP contribution is 2.22. The number of methoxy groups -OCH3 is 1. The Hall–Kier alpha value is -1.79. The van der Waals surface area contributed by atoms with Crippen LogP contribution in [0.25, 0.3) is 0 Å². The van der Waals surface area contributed by atoms with Crippen molar-refractivity contribution in [2.45, 2.75) is 6.42 Å².